The van der Waals surface area contributed by atoms with Crippen molar-refractivity contribution in [1.29, 1.82) is 0 Å². The fourth-order valence-corrected chi connectivity index (χ4v) is 3.78. The number of nitrogens with one attached hydrogen (secondary N) is 2. The van der Waals surface area contributed by atoms with Gasteiger partial charge in [-0.05, 0) is 25.1 Å². The zero-order chi connectivity index (χ0) is 22.5. The van der Waals surface area contributed by atoms with E-state index in [0.717, 1.165) is 59.0 Å². The summed E-state index contributed by atoms with van der Waals surface area (Å²) in [5, 5.41) is 11.8. The molecule has 0 radical (unpaired) electrons. The highest BCUT2D eigenvalue weighted by Gasteiger charge is 2.20. The van der Waals surface area contributed by atoms with Gasteiger partial charge in [0.15, 0.2) is 0 Å². The summed E-state index contributed by atoms with van der Waals surface area (Å²) >= 11 is 0. The van der Waals surface area contributed by atoms with Crippen LogP contribution in [0.25, 0.3) is 27.9 Å². The molecule has 1 aliphatic heterocycles. The number of H-pyrrole nitrogens is 1. The van der Waals surface area contributed by atoms with Crippen LogP contribution >= 0.6 is 0 Å². The molecule has 0 aromatic carbocycles. The van der Waals surface area contributed by atoms with E-state index in [4.69, 9.17) is 4.98 Å². The molecular formula is C23H28N8O. The molecule has 4 rings (SSSR count). The molecule has 0 aliphatic carbocycles. The first-order chi connectivity index (χ1) is 15.6. The third-order valence-corrected chi connectivity index (χ3v) is 5.50. The summed E-state index contributed by atoms with van der Waals surface area (Å²) in [5.74, 6) is 1.01. The maximum Gasteiger partial charge on any atom is 0.219 e. The second-order valence-electron chi connectivity index (χ2n) is 7.61. The average molecular weight is 433 g/mol. The summed E-state index contributed by atoms with van der Waals surface area (Å²) in [6.07, 6.45) is 5.49. The quantitative estimate of drug-likeness (QED) is 0.580. The lowest BCUT2D eigenvalue weighted by Crippen LogP contribution is -2.48. The van der Waals surface area contributed by atoms with Crippen molar-refractivity contribution < 1.29 is 4.79 Å². The molecule has 1 aliphatic rings. The Labute approximate surface area is 187 Å². The first-order valence-corrected chi connectivity index (χ1v) is 10.8. The Morgan fingerprint density at radius 2 is 2.09 bits per heavy atom. The molecule has 1 fully saturated rings. The number of amides is 1. The minimum atomic E-state index is 0.120. The molecule has 0 spiro atoms. The monoisotopic (exact) mass is 432 g/mol. The van der Waals surface area contributed by atoms with Gasteiger partial charge in [-0.2, -0.15) is 5.10 Å². The minimum Gasteiger partial charge on any atom is -0.391 e. The third kappa shape index (κ3) is 4.46. The molecule has 0 unspecified atom stereocenters. The summed E-state index contributed by atoms with van der Waals surface area (Å²) < 4.78 is 0. The molecule has 0 bridgehead atoms. The van der Waals surface area contributed by atoms with Gasteiger partial charge in [0.25, 0.3) is 0 Å². The van der Waals surface area contributed by atoms with E-state index in [1.807, 2.05) is 42.3 Å². The van der Waals surface area contributed by atoms with Crippen molar-refractivity contribution in [2.75, 3.05) is 44.7 Å². The zero-order valence-corrected chi connectivity index (χ0v) is 18.7. The fraction of sp³-hybridized carbons (Fsp3) is 0.348. The topological polar surface area (TPSA) is 102 Å². The van der Waals surface area contributed by atoms with Gasteiger partial charge < -0.3 is 15.1 Å². The van der Waals surface area contributed by atoms with E-state index in [1.54, 1.807) is 26.4 Å². The van der Waals surface area contributed by atoms with E-state index < -0.39 is 0 Å². The number of aromatic amines is 1. The van der Waals surface area contributed by atoms with Crippen molar-refractivity contribution in [3.05, 3.63) is 42.4 Å². The summed E-state index contributed by atoms with van der Waals surface area (Å²) in [6, 6.07) is 7.98. The smallest absolute Gasteiger partial charge is 0.219 e. The maximum atomic E-state index is 11.6. The van der Waals surface area contributed by atoms with Crippen LogP contribution in [0.2, 0.25) is 0 Å². The van der Waals surface area contributed by atoms with Crippen LogP contribution in [0.4, 0.5) is 5.82 Å². The van der Waals surface area contributed by atoms with Crippen LogP contribution in [0.3, 0.4) is 0 Å². The normalized spacial score (nSPS) is 15.0. The Morgan fingerprint density at radius 3 is 2.81 bits per heavy atom. The van der Waals surface area contributed by atoms with Crippen LogP contribution in [-0.4, -0.2) is 77.0 Å². The molecule has 4 heterocycles. The van der Waals surface area contributed by atoms with Crippen molar-refractivity contribution in [3.8, 4) is 11.4 Å². The number of carbonyl (C=O) groups excluding carboxylic acids is 1. The lowest BCUT2D eigenvalue weighted by atomic mass is 10.1. The van der Waals surface area contributed by atoms with Crippen LogP contribution in [0, 0.1) is 0 Å². The average Bonchev–Trinajstić information content (AvgIpc) is 3.25. The number of allylic oxidation sites excluding steroid dienone is 1. The Hall–Kier alpha value is -3.75. The first kappa shape index (κ1) is 21.5. The van der Waals surface area contributed by atoms with Gasteiger partial charge in [0.2, 0.25) is 5.91 Å². The van der Waals surface area contributed by atoms with Gasteiger partial charge in [-0.3, -0.25) is 19.9 Å². The van der Waals surface area contributed by atoms with Gasteiger partial charge >= 0.3 is 0 Å². The molecule has 0 atom stereocenters. The minimum absolute atomic E-state index is 0.120. The van der Waals surface area contributed by atoms with Crippen molar-refractivity contribution in [2.24, 2.45) is 4.99 Å². The molecule has 32 heavy (non-hydrogen) atoms. The van der Waals surface area contributed by atoms with E-state index in [2.05, 4.69) is 30.4 Å². The first-order valence-electron chi connectivity index (χ1n) is 10.8. The van der Waals surface area contributed by atoms with E-state index in [-0.39, 0.29) is 5.91 Å². The number of carbonyl (C=O) groups is 1. The second-order valence-corrected chi connectivity index (χ2v) is 7.61. The lowest BCUT2D eigenvalue weighted by molar-refractivity contribution is -0.129. The Morgan fingerprint density at radius 1 is 1.28 bits per heavy atom. The molecular weight excluding hydrogens is 404 g/mol. The summed E-state index contributed by atoms with van der Waals surface area (Å²) in [4.78, 5) is 29.3. The number of aromatic nitrogens is 4. The molecule has 0 saturated carbocycles. The van der Waals surface area contributed by atoms with Gasteiger partial charge in [-0.15, -0.1) is 0 Å². The van der Waals surface area contributed by atoms with Crippen molar-refractivity contribution in [1.82, 2.24) is 30.4 Å². The van der Waals surface area contributed by atoms with Crippen molar-refractivity contribution in [2.45, 2.75) is 13.8 Å². The second kappa shape index (κ2) is 9.59. The molecule has 1 saturated heterocycles. The SMILES string of the molecule is CCN/C=C(\C=NC)c1cc2c(-c3cccc(N4CCN(C(C)=O)CC4)n3)n[nH]c2cn1. The van der Waals surface area contributed by atoms with Crippen LogP contribution in [0.1, 0.15) is 19.5 Å². The number of pyridine rings is 2. The molecule has 3 aromatic rings. The van der Waals surface area contributed by atoms with E-state index in [9.17, 15) is 4.79 Å². The number of fused-ring (bicyclic) bond motifs is 1. The van der Waals surface area contributed by atoms with Gasteiger partial charge in [0, 0.05) is 70.1 Å². The largest absolute Gasteiger partial charge is 0.391 e. The van der Waals surface area contributed by atoms with Crippen LogP contribution in [0.15, 0.2) is 41.7 Å². The number of piperazine rings is 1. The molecule has 2 N–H and O–H groups in total. The summed E-state index contributed by atoms with van der Waals surface area (Å²) in [6.45, 7) is 7.42. The van der Waals surface area contributed by atoms with Crippen molar-refractivity contribution in [3.63, 3.8) is 0 Å². The molecule has 166 valence electrons. The number of hydrogen-bond acceptors (Lipinski definition) is 7. The Balaban J connectivity index is 1.65. The van der Waals surface area contributed by atoms with Crippen LogP contribution in [0.5, 0.6) is 0 Å². The summed E-state index contributed by atoms with van der Waals surface area (Å²) in [7, 11) is 1.74. The number of hydrogen-bond donors (Lipinski definition) is 2. The van der Waals surface area contributed by atoms with E-state index in [1.165, 1.54) is 0 Å². The number of nitrogens with zero attached hydrogens (tertiary/aromatic N) is 6. The maximum absolute atomic E-state index is 11.6. The molecule has 3 aromatic heterocycles. The number of anilines is 1. The number of aliphatic imine (C=N–C) groups is 1. The Bertz CT molecular complexity index is 1160. The fourth-order valence-electron chi connectivity index (χ4n) is 3.78. The van der Waals surface area contributed by atoms with Gasteiger partial charge in [0.1, 0.15) is 11.5 Å². The molecule has 1 amide bonds. The van der Waals surface area contributed by atoms with E-state index >= 15 is 0 Å². The van der Waals surface area contributed by atoms with Gasteiger partial charge in [-0.1, -0.05) is 6.07 Å². The predicted octanol–water partition coefficient (Wildman–Crippen LogP) is 2.34. The van der Waals surface area contributed by atoms with Crippen molar-refractivity contribution >= 4 is 34.4 Å². The highest BCUT2D eigenvalue weighted by atomic mass is 16.2. The standard InChI is InChI=1S/C23H28N8O/c1-4-25-14-17(13-24-3)20-12-18-21(15-26-20)28-29-23(18)19-6-5-7-22(27-19)31-10-8-30(9-11-31)16(2)32/h5-7,12-15,25H,4,8-11H2,1-3H3,(H,28,29)/b17-14+,24-13?. The van der Waals surface area contributed by atoms with Crippen LogP contribution < -0.4 is 10.2 Å². The van der Waals surface area contributed by atoms with Gasteiger partial charge in [-0.25, -0.2) is 4.98 Å². The predicted molar refractivity (Wildman–Crippen MR) is 128 cm³/mol. The highest BCUT2D eigenvalue weighted by molar-refractivity contribution is 6.10. The molecule has 9 heteroatoms. The highest BCUT2D eigenvalue weighted by Crippen LogP contribution is 2.28. The number of rotatable bonds is 6. The van der Waals surface area contributed by atoms with Crippen LogP contribution in [-0.2, 0) is 4.79 Å². The molecule has 9 nitrogen and oxygen atoms in total. The van der Waals surface area contributed by atoms with E-state index in [0.29, 0.717) is 13.1 Å². The zero-order valence-electron chi connectivity index (χ0n) is 18.7. The third-order valence-electron chi connectivity index (χ3n) is 5.50. The summed E-state index contributed by atoms with van der Waals surface area (Å²) in [5.41, 5.74) is 4.13. The Kier molecular flexibility index (Phi) is 6.44. The lowest BCUT2D eigenvalue weighted by Gasteiger charge is -2.35. The van der Waals surface area contributed by atoms with Gasteiger partial charge in [0.05, 0.1) is 23.1 Å².